The first-order valence-electron chi connectivity index (χ1n) is 3.40. The lowest BCUT2D eigenvalue weighted by Crippen LogP contribution is -2.07. The first-order valence-corrected chi connectivity index (χ1v) is 5.20. The van der Waals surface area contributed by atoms with E-state index in [4.69, 9.17) is 12.2 Å². The fourth-order valence-corrected chi connectivity index (χ4v) is 1.51. The van der Waals surface area contributed by atoms with Crippen molar-refractivity contribution in [3.8, 4) is 0 Å². The Balaban J connectivity index is 2.53. The van der Waals surface area contributed by atoms with E-state index in [0.29, 0.717) is 5.11 Å². The van der Waals surface area contributed by atoms with E-state index in [1.807, 2.05) is 18.7 Å². The Kier molecular flexibility index (Phi) is 3.20. The minimum absolute atomic E-state index is 0.485. The highest BCUT2D eigenvalue weighted by molar-refractivity contribution is 7.98. The van der Waals surface area contributed by atoms with Gasteiger partial charge in [0.1, 0.15) is 0 Å². The van der Waals surface area contributed by atoms with Gasteiger partial charge in [0.25, 0.3) is 0 Å². The molecular formula is C7H10N2S2. The summed E-state index contributed by atoms with van der Waals surface area (Å²) in [4.78, 5) is 8.20. The zero-order chi connectivity index (χ0) is 8.27. The van der Waals surface area contributed by atoms with E-state index in [1.54, 1.807) is 0 Å². The van der Waals surface area contributed by atoms with Crippen molar-refractivity contribution in [3.63, 3.8) is 0 Å². The van der Waals surface area contributed by atoms with Crippen molar-refractivity contribution in [1.82, 2.24) is 0 Å². The van der Waals surface area contributed by atoms with Gasteiger partial charge in [0.2, 0.25) is 5.11 Å². The van der Waals surface area contributed by atoms with Crippen molar-refractivity contribution in [3.05, 3.63) is 0 Å². The summed E-state index contributed by atoms with van der Waals surface area (Å²) in [6.07, 6.45) is 3.07. The molecule has 1 rings (SSSR count). The summed E-state index contributed by atoms with van der Waals surface area (Å²) in [5, 5.41) is 0.485. The Labute approximate surface area is 76.2 Å². The molecule has 0 aromatic carbocycles. The monoisotopic (exact) mass is 186 g/mol. The number of hydrogen-bond donors (Lipinski definition) is 0. The van der Waals surface area contributed by atoms with Crippen LogP contribution in [0.15, 0.2) is 9.98 Å². The van der Waals surface area contributed by atoms with Crippen LogP contribution in [0.5, 0.6) is 0 Å². The largest absolute Gasteiger partial charge is 0.222 e. The van der Waals surface area contributed by atoms with Gasteiger partial charge in [0.15, 0.2) is 0 Å². The third-order valence-corrected chi connectivity index (χ3v) is 2.25. The van der Waals surface area contributed by atoms with Crippen molar-refractivity contribution >= 4 is 40.5 Å². The van der Waals surface area contributed by atoms with Crippen LogP contribution in [-0.2, 0) is 0 Å². The van der Waals surface area contributed by atoms with Crippen LogP contribution in [0.25, 0.3) is 0 Å². The smallest absolute Gasteiger partial charge is 0.219 e. The van der Waals surface area contributed by atoms with Crippen LogP contribution in [0.1, 0.15) is 13.3 Å². The Morgan fingerprint density at radius 2 is 2.18 bits per heavy atom. The molecule has 11 heavy (non-hydrogen) atoms. The van der Waals surface area contributed by atoms with E-state index in [1.165, 1.54) is 0 Å². The van der Waals surface area contributed by atoms with Crippen molar-refractivity contribution < 1.29 is 0 Å². The van der Waals surface area contributed by atoms with Crippen molar-refractivity contribution in [2.45, 2.75) is 13.3 Å². The predicted octanol–water partition coefficient (Wildman–Crippen LogP) is 1.94. The standard InChI is InChI=1S/C7H10N2S2/c1-5-6(3-4-11-2)9-7(10)8-5/h3-4H2,1-2H3. The summed E-state index contributed by atoms with van der Waals surface area (Å²) in [5.74, 6) is 1.09. The van der Waals surface area contributed by atoms with Crippen molar-refractivity contribution in [2.75, 3.05) is 12.0 Å². The van der Waals surface area contributed by atoms with Gasteiger partial charge in [-0.05, 0) is 31.2 Å². The van der Waals surface area contributed by atoms with Crippen LogP contribution in [0, 0.1) is 0 Å². The zero-order valence-corrected chi connectivity index (χ0v) is 8.26. The highest BCUT2D eigenvalue weighted by Gasteiger charge is 2.11. The number of thiocarbonyl (C=S) groups is 1. The number of nitrogens with zero attached hydrogens (tertiary/aromatic N) is 2. The fourth-order valence-electron chi connectivity index (χ4n) is 0.865. The van der Waals surface area contributed by atoms with Crippen molar-refractivity contribution in [1.29, 1.82) is 0 Å². The highest BCUT2D eigenvalue weighted by Crippen LogP contribution is 2.06. The summed E-state index contributed by atoms with van der Waals surface area (Å²) < 4.78 is 0. The molecule has 2 nitrogen and oxygen atoms in total. The minimum atomic E-state index is 0.485. The molecule has 1 aliphatic heterocycles. The van der Waals surface area contributed by atoms with E-state index in [2.05, 4.69) is 16.2 Å². The normalized spacial score (nSPS) is 16.7. The summed E-state index contributed by atoms with van der Waals surface area (Å²) in [5.41, 5.74) is 2.05. The van der Waals surface area contributed by atoms with Crippen LogP contribution in [0.3, 0.4) is 0 Å². The Morgan fingerprint density at radius 3 is 2.64 bits per heavy atom. The van der Waals surface area contributed by atoms with Gasteiger partial charge in [-0.3, -0.25) is 0 Å². The van der Waals surface area contributed by atoms with Gasteiger partial charge in [-0.15, -0.1) is 0 Å². The molecule has 1 aliphatic rings. The van der Waals surface area contributed by atoms with Gasteiger partial charge < -0.3 is 0 Å². The molecule has 0 amide bonds. The van der Waals surface area contributed by atoms with E-state index in [0.717, 1.165) is 23.6 Å². The molecule has 0 bridgehead atoms. The highest BCUT2D eigenvalue weighted by atomic mass is 32.2. The zero-order valence-electron chi connectivity index (χ0n) is 6.63. The van der Waals surface area contributed by atoms with Crippen molar-refractivity contribution in [2.24, 2.45) is 9.98 Å². The average molecular weight is 186 g/mol. The maximum atomic E-state index is 4.84. The SMILES string of the molecule is CSCCC1=NC(=S)N=C1C. The molecule has 0 spiro atoms. The second kappa shape index (κ2) is 3.97. The third kappa shape index (κ3) is 2.38. The number of rotatable bonds is 3. The van der Waals surface area contributed by atoms with Crippen LogP contribution in [0.2, 0.25) is 0 Å². The molecule has 60 valence electrons. The number of hydrogen-bond acceptors (Lipinski definition) is 2. The molecule has 0 aromatic heterocycles. The molecule has 0 N–H and O–H groups in total. The molecule has 0 unspecified atom stereocenters. The molecule has 0 saturated carbocycles. The van der Waals surface area contributed by atoms with Gasteiger partial charge in [-0.25, -0.2) is 9.98 Å². The lowest BCUT2D eigenvalue weighted by atomic mass is 10.2. The summed E-state index contributed by atoms with van der Waals surface area (Å²) in [6, 6.07) is 0. The molecule has 4 heteroatoms. The molecule has 0 radical (unpaired) electrons. The Bertz CT molecular complexity index is 231. The van der Waals surface area contributed by atoms with Gasteiger partial charge in [-0.2, -0.15) is 11.8 Å². The van der Waals surface area contributed by atoms with Gasteiger partial charge in [0.05, 0.1) is 11.4 Å². The van der Waals surface area contributed by atoms with E-state index in [-0.39, 0.29) is 0 Å². The minimum Gasteiger partial charge on any atom is -0.222 e. The van der Waals surface area contributed by atoms with Gasteiger partial charge >= 0.3 is 0 Å². The third-order valence-electron chi connectivity index (χ3n) is 1.45. The lowest BCUT2D eigenvalue weighted by Gasteiger charge is -1.96. The molecule has 0 aromatic rings. The van der Waals surface area contributed by atoms with E-state index >= 15 is 0 Å². The molecule has 0 aliphatic carbocycles. The van der Waals surface area contributed by atoms with Gasteiger partial charge in [-0.1, -0.05) is 0 Å². The fraction of sp³-hybridized carbons (Fsp3) is 0.571. The van der Waals surface area contributed by atoms with Crippen LogP contribution < -0.4 is 0 Å². The molecule has 0 saturated heterocycles. The Morgan fingerprint density at radius 1 is 1.45 bits per heavy atom. The lowest BCUT2D eigenvalue weighted by molar-refractivity contribution is 1.33. The van der Waals surface area contributed by atoms with Crippen LogP contribution in [-0.4, -0.2) is 28.5 Å². The quantitative estimate of drug-likeness (QED) is 0.629. The van der Waals surface area contributed by atoms with Crippen LogP contribution in [0.4, 0.5) is 0 Å². The summed E-state index contributed by atoms with van der Waals surface area (Å²) >= 11 is 6.65. The van der Waals surface area contributed by atoms with Gasteiger partial charge in [0, 0.05) is 6.42 Å². The maximum Gasteiger partial charge on any atom is 0.219 e. The van der Waals surface area contributed by atoms with E-state index < -0.39 is 0 Å². The first kappa shape index (κ1) is 8.87. The van der Waals surface area contributed by atoms with Crippen LogP contribution >= 0.6 is 24.0 Å². The molecule has 0 fully saturated rings. The topological polar surface area (TPSA) is 24.7 Å². The maximum absolute atomic E-state index is 4.84. The average Bonchev–Trinajstić information content (AvgIpc) is 2.26. The molecular weight excluding hydrogens is 176 g/mol. The summed E-state index contributed by atoms with van der Waals surface area (Å²) in [7, 11) is 0. The second-order valence-corrected chi connectivity index (χ2v) is 3.63. The number of aliphatic imine (C=N–C) groups is 2. The summed E-state index contributed by atoms with van der Waals surface area (Å²) in [6.45, 7) is 1.96. The molecule has 1 heterocycles. The second-order valence-electron chi connectivity index (χ2n) is 2.28. The predicted molar refractivity (Wildman–Crippen MR) is 56.1 cm³/mol. The number of thioether (sulfide) groups is 1. The molecule has 0 atom stereocenters. The van der Waals surface area contributed by atoms with E-state index in [9.17, 15) is 0 Å². The Hall–Kier alpha value is -0.220. The first-order chi connectivity index (χ1) is 5.24.